The van der Waals surface area contributed by atoms with Gasteiger partial charge in [0.15, 0.2) is 0 Å². The van der Waals surface area contributed by atoms with E-state index in [1.165, 1.54) is 12.1 Å². The lowest BCUT2D eigenvalue weighted by Crippen LogP contribution is -2.34. The maximum atomic E-state index is 12.0. The van der Waals surface area contributed by atoms with Crippen molar-refractivity contribution in [2.45, 2.75) is 12.5 Å². The van der Waals surface area contributed by atoms with Gasteiger partial charge in [-0.1, -0.05) is 28.1 Å². The van der Waals surface area contributed by atoms with Gasteiger partial charge in [-0.3, -0.25) is 4.79 Å². The molecule has 0 spiro atoms. The number of amides is 1. The molecular weight excluding hydrogens is 326 g/mol. The molecular formula is C14H14BrNO4. The fraction of sp³-hybridized carbons (Fsp3) is 0.286. The maximum Gasteiger partial charge on any atom is 0.335 e. The van der Waals surface area contributed by atoms with Crippen LogP contribution in [0.25, 0.3) is 0 Å². The lowest BCUT2D eigenvalue weighted by Gasteiger charge is -2.19. The molecule has 0 saturated heterocycles. The molecule has 6 heteroatoms. The Morgan fingerprint density at radius 1 is 1.30 bits per heavy atom. The molecule has 0 aliphatic carbocycles. The van der Waals surface area contributed by atoms with Crippen molar-refractivity contribution in [3.8, 4) is 0 Å². The number of hydrogen-bond acceptors (Lipinski definition) is 3. The maximum absolute atomic E-state index is 12.0. The van der Waals surface area contributed by atoms with E-state index in [0.717, 1.165) is 6.42 Å². The average Bonchev–Trinajstić information content (AvgIpc) is 2.45. The first-order chi connectivity index (χ1) is 9.56. The van der Waals surface area contributed by atoms with Crippen molar-refractivity contribution < 1.29 is 19.4 Å². The SMILES string of the molecule is O=C(O)c1cc(Br)cc(C(=O)NCC2CC=CCO2)c1. The van der Waals surface area contributed by atoms with Crippen LogP contribution in [0.5, 0.6) is 0 Å². The van der Waals surface area contributed by atoms with Gasteiger partial charge in [-0.25, -0.2) is 4.79 Å². The van der Waals surface area contributed by atoms with E-state index in [1.807, 2.05) is 12.2 Å². The lowest BCUT2D eigenvalue weighted by atomic mass is 10.1. The number of rotatable bonds is 4. The van der Waals surface area contributed by atoms with Crippen LogP contribution in [-0.4, -0.2) is 36.2 Å². The molecule has 1 heterocycles. The van der Waals surface area contributed by atoms with Crippen LogP contribution in [0.1, 0.15) is 27.1 Å². The van der Waals surface area contributed by atoms with Gasteiger partial charge in [0.25, 0.3) is 5.91 Å². The van der Waals surface area contributed by atoms with Gasteiger partial charge in [-0.2, -0.15) is 0 Å². The molecule has 106 valence electrons. The predicted octanol–water partition coefficient (Wildman–Crippen LogP) is 2.22. The highest BCUT2D eigenvalue weighted by atomic mass is 79.9. The van der Waals surface area contributed by atoms with E-state index < -0.39 is 5.97 Å². The minimum Gasteiger partial charge on any atom is -0.478 e. The van der Waals surface area contributed by atoms with Gasteiger partial charge in [-0.15, -0.1) is 0 Å². The number of carboxylic acids is 1. The van der Waals surface area contributed by atoms with Gasteiger partial charge < -0.3 is 15.2 Å². The molecule has 2 N–H and O–H groups in total. The average molecular weight is 340 g/mol. The van der Waals surface area contributed by atoms with Gasteiger partial charge in [-0.05, 0) is 24.6 Å². The summed E-state index contributed by atoms with van der Waals surface area (Å²) < 4.78 is 6.00. The number of carbonyl (C=O) groups is 2. The smallest absolute Gasteiger partial charge is 0.335 e. The second kappa shape index (κ2) is 6.67. The third-order valence-corrected chi connectivity index (χ3v) is 3.35. The number of hydrogen-bond donors (Lipinski definition) is 2. The quantitative estimate of drug-likeness (QED) is 0.824. The Hall–Kier alpha value is -1.66. The number of aromatic carboxylic acids is 1. The van der Waals surface area contributed by atoms with Crippen LogP contribution in [0.4, 0.5) is 0 Å². The number of ether oxygens (including phenoxy) is 1. The van der Waals surface area contributed by atoms with E-state index in [4.69, 9.17) is 9.84 Å². The molecule has 0 saturated carbocycles. The van der Waals surface area contributed by atoms with Crippen LogP contribution in [0.2, 0.25) is 0 Å². The van der Waals surface area contributed by atoms with E-state index in [1.54, 1.807) is 6.07 Å². The van der Waals surface area contributed by atoms with Crippen LogP contribution < -0.4 is 5.32 Å². The Morgan fingerprint density at radius 3 is 2.70 bits per heavy atom. The summed E-state index contributed by atoms with van der Waals surface area (Å²) in [7, 11) is 0. The first kappa shape index (κ1) is 14.7. The minimum absolute atomic E-state index is 0.0324. The summed E-state index contributed by atoms with van der Waals surface area (Å²) in [5, 5.41) is 11.7. The summed E-state index contributed by atoms with van der Waals surface area (Å²) in [4.78, 5) is 23.0. The summed E-state index contributed by atoms with van der Waals surface area (Å²) in [5.41, 5.74) is 0.379. The highest BCUT2D eigenvalue weighted by Crippen LogP contribution is 2.16. The summed E-state index contributed by atoms with van der Waals surface area (Å²) in [5.74, 6) is -1.38. The van der Waals surface area contributed by atoms with Gasteiger partial charge in [0, 0.05) is 16.6 Å². The highest BCUT2D eigenvalue weighted by Gasteiger charge is 2.14. The summed E-state index contributed by atoms with van der Waals surface area (Å²) in [6.07, 6.45) is 4.68. The Morgan fingerprint density at radius 2 is 2.05 bits per heavy atom. The lowest BCUT2D eigenvalue weighted by molar-refractivity contribution is 0.0631. The zero-order valence-corrected chi connectivity index (χ0v) is 12.2. The molecule has 5 nitrogen and oxygen atoms in total. The fourth-order valence-corrected chi connectivity index (χ4v) is 2.36. The van der Waals surface area contributed by atoms with Crippen LogP contribution in [0.3, 0.4) is 0 Å². The third kappa shape index (κ3) is 3.91. The zero-order valence-electron chi connectivity index (χ0n) is 10.6. The fourth-order valence-electron chi connectivity index (χ4n) is 1.87. The number of halogens is 1. The van der Waals surface area contributed by atoms with Crippen molar-refractivity contribution in [3.63, 3.8) is 0 Å². The molecule has 0 bridgehead atoms. The zero-order chi connectivity index (χ0) is 14.5. The molecule has 0 aromatic heterocycles. The van der Waals surface area contributed by atoms with Crippen molar-refractivity contribution in [1.82, 2.24) is 5.32 Å². The molecule has 0 fully saturated rings. The first-order valence-corrected chi connectivity index (χ1v) is 6.94. The second-order valence-electron chi connectivity index (χ2n) is 4.41. The largest absolute Gasteiger partial charge is 0.478 e. The summed E-state index contributed by atoms with van der Waals surface area (Å²) >= 11 is 3.20. The normalized spacial score (nSPS) is 17.8. The molecule has 1 atom stereocenters. The van der Waals surface area contributed by atoms with Crippen molar-refractivity contribution in [2.75, 3.05) is 13.2 Å². The van der Waals surface area contributed by atoms with Crippen LogP contribution in [0, 0.1) is 0 Å². The van der Waals surface area contributed by atoms with Crippen molar-refractivity contribution in [3.05, 3.63) is 46.0 Å². The van der Waals surface area contributed by atoms with Crippen LogP contribution in [-0.2, 0) is 4.74 Å². The van der Waals surface area contributed by atoms with Gasteiger partial charge in [0.1, 0.15) is 0 Å². The Balaban J connectivity index is 2.01. The van der Waals surface area contributed by atoms with E-state index in [0.29, 0.717) is 23.2 Å². The summed E-state index contributed by atoms with van der Waals surface area (Å²) in [6.45, 7) is 0.957. The minimum atomic E-state index is -1.07. The predicted molar refractivity (Wildman–Crippen MR) is 76.9 cm³/mol. The Bertz CT molecular complexity index is 556. The molecule has 1 unspecified atom stereocenters. The second-order valence-corrected chi connectivity index (χ2v) is 5.32. The number of benzene rings is 1. The van der Waals surface area contributed by atoms with Crippen molar-refractivity contribution in [2.24, 2.45) is 0 Å². The van der Waals surface area contributed by atoms with Crippen LogP contribution in [0.15, 0.2) is 34.8 Å². The topological polar surface area (TPSA) is 75.6 Å². The van der Waals surface area contributed by atoms with E-state index >= 15 is 0 Å². The molecule has 1 aliphatic heterocycles. The Kier molecular flexibility index (Phi) is 4.92. The summed E-state index contributed by atoms with van der Waals surface area (Å²) in [6, 6.07) is 4.39. The van der Waals surface area contributed by atoms with Gasteiger partial charge in [0.2, 0.25) is 0 Å². The van der Waals surface area contributed by atoms with Crippen molar-refractivity contribution in [1.29, 1.82) is 0 Å². The monoisotopic (exact) mass is 339 g/mol. The highest BCUT2D eigenvalue weighted by molar-refractivity contribution is 9.10. The molecule has 2 rings (SSSR count). The first-order valence-electron chi connectivity index (χ1n) is 6.15. The van der Waals surface area contributed by atoms with Gasteiger partial charge >= 0.3 is 5.97 Å². The molecule has 0 radical (unpaired) electrons. The molecule has 1 amide bonds. The van der Waals surface area contributed by atoms with E-state index in [9.17, 15) is 9.59 Å². The van der Waals surface area contributed by atoms with Gasteiger partial charge in [0.05, 0.1) is 18.3 Å². The molecule has 1 aromatic rings. The standard InChI is InChI=1S/C14H14BrNO4/c15-11-6-9(5-10(7-11)14(18)19)13(17)16-8-12-3-1-2-4-20-12/h1-2,5-7,12H,3-4,8H2,(H,16,17)(H,18,19). The molecule has 1 aliphatic rings. The number of carboxylic acid groups (broad SMARTS) is 1. The molecule has 20 heavy (non-hydrogen) atoms. The Labute approximate surface area is 124 Å². The molecule has 1 aromatic carbocycles. The van der Waals surface area contributed by atoms with E-state index in [2.05, 4.69) is 21.2 Å². The third-order valence-electron chi connectivity index (χ3n) is 2.89. The number of carbonyl (C=O) groups excluding carboxylic acids is 1. The van der Waals surface area contributed by atoms with Crippen LogP contribution >= 0.6 is 15.9 Å². The number of nitrogens with one attached hydrogen (secondary N) is 1. The van der Waals surface area contributed by atoms with E-state index in [-0.39, 0.29) is 17.6 Å². The van der Waals surface area contributed by atoms with Crippen molar-refractivity contribution >= 4 is 27.8 Å².